The molecule has 1 saturated carbocycles. The zero-order chi connectivity index (χ0) is 22.7. The van der Waals surface area contributed by atoms with Gasteiger partial charge in [0.25, 0.3) is 0 Å². The molecule has 0 saturated heterocycles. The first-order valence-electron chi connectivity index (χ1n) is 11.3. The van der Waals surface area contributed by atoms with Crippen molar-refractivity contribution >= 4 is 26.1 Å². The Labute approximate surface area is 189 Å². The summed E-state index contributed by atoms with van der Waals surface area (Å²) >= 11 is 0. The zero-order valence-electron chi connectivity index (χ0n) is 19.7. The van der Waals surface area contributed by atoms with Crippen LogP contribution >= 0.6 is 7.14 Å². The summed E-state index contributed by atoms with van der Waals surface area (Å²) in [6.45, 7) is 15.8. The molecule has 3 rings (SSSR count). The number of hydrogen-bond donors (Lipinski definition) is 0. The minimum absolute atomic E-state index is 0.211. The van der Waals surface area contributed by atoms with Gasteiger partial charge in [0.15, 0.2) is 8.32 Å². The van der Waals surface area contributed by atoms with Crippen molar-refractivity contribution in [3.05, 3.63) is 84.5 Å². The number of benzene rings is 2. The van der Waals surface area contributed by atoms with Crippen LogP contribution in [-0.4, -0.2) is 20.6 Å². The second-order valence-electron chi connectivity index (χ2n) is 10.2. The smallest absolute Gasteiger partial charge is 0.192 e. The molecule has 0 aromatic heterocycles. The van der Waals surface area contributed by atoms with Gasteiger partial charge >= 0.3 is 0 Å². The molecule has 4 heteroatoms. The zero-order valence-corrected chi connectivity index (χ0v) is 21.6. The lowest BCUT2D eigenvalue weighted by atomic mass is 9.89. The third-order valence-corrected chi connectivity index (χ3v) is 14.4. The fourth-order valence-electron chi connectivity index (χ4n) is 3.88. The van der Waals surface area contributed by atoms with Crippen molar-refractivity contribution in [1.82, 2.24) is 0 Å². The first-order chi connectivity index (χ1) is 14.5. The molecule has 0 N–H and O–H groups in total. The maximum Gasteiger partial charge on any atom is 0.192 e. The Balaban J connectivity index is 1.77. The van der Waals surface area contributed by atoms with Gasteiger partial charge in [0, 0.05) is 22.9 Å². The van der Waals surface area contributed by atoms with E-state index in [1.165, 1.54) is 5.57 Å². The Morgan fingerprint density at radius 3 is 2.00 bits per heavy atom. The molecule has 166 valence electrons. The van der Waals surface area contributed by atoms with Crippen LogP contribution in [0.15, 0.2) is 84.5 Å². The SMILES string of the molecule is C=C1C[C@@H](O[Si](C)(C)C(C)(C)C)CC/C1=C/CP(=O)(c1ccccc1)c1ccccc1. The van der Waals surface area contributed by atoms with Gasteiger partial charge in [-0.15, -0.1) is 0 Å². The Bertz CT molecular complexity index is 928. The second-order valence-corrected chi connectivity index (χ2v) is 17.8. The van der Waals surface area contributed by atoms with Crippen LogP contribution in [0.5, 0.6) is 0 Å². The first kappa shape index (κ1) is 24.0. The van der Waals surface area contributed by atoms with Crippen LogP contribution in [-0.2, 0) is 8.99 Å². The van der Waals surface area contributed by atoms with Gasteiger partial charge in [0.05, 0.1) is 0 Å². The summed E-state index contributed by atoms with van der Waals surface area (Å²) in [7, 11) is -4.52. The number of hydrogen-bond acceptors (Lipinski definition) is 2. The Morgan fingerprint density at radius 1 is 1.03 bits per heavy atom. The molecule has 0 radical (unpaired) electrons. The lowest BCUT2D eigenvalue weighted by Crippen LogP contribution is -2.44. The summed E-state index contributed by atoms with van der Waals surface area (Å²) in [6, 6.07) is 19.8. The number of allylic oxidation sites excluding steroid dienone is 2. The summed E-state index contributed by atoms with van der Waals surface area (Å²) in [5.41, 5.74) is 2.39. The van der Waals surface area contributed by atoms with Crippen LogP contribution in [0.25, 0.3) is 0 Å². The van der Waals surface area contributed by atoms with Crippen molar-refractivity contribution in [2.45, 2.75) is 64.3 Å². The van der Waals surface area contributed by atoms with E-state index in [-0.39, 0.29) is 11.1 Å². The van der Waals surface area contributed by atoms with E-state index < -0.39 is 15.5 Å². The second kappa shape index (κ2) is 9.44. The Morgan fingerprint density at radius 2 is 1.55 bits per heavy atom. The van der Waals surface area contributed by atoms with Crippen molar-refractivity contribution in [3.63, 3.8) is 0 Å². The molecule has 1 aliphatic rings. The van der Waals surface area contributed by atoms with Crippen LogP contribution in [0.4, 0.5) is 0 Å². The molecule has 0 spiro atoms. The van der Waals surface area contributed by atoms with E-state index in [1.807, 2.05) is 60.7 Å². The highest BCUT2D eigenvalue weighted by molar-refractivity contribution is 7.78. The highest BCUT2D eigenvalue weighted by Gasteiger charge is 2.39. The summed E-state index contributed by atoms with van der Waals surface area (Å²) in [5.74, 6) is 0. The maximum absolute atomic E-state index is 14.2. The molecule has 2 aromatic rings. The minimum Gasteiger partial charge on any atom is -0.414 e. The van der Waals surface area contributed by atoms with E-state index in [0.29, 0.717) is 6.16 Å². The summed E-state index contributed by atoms with van der Waals surface area (Å²) in [5, 5.41) is 2.04. The largest absolute Gasteiger partial charge is 0.414 e. The van der Waals surface area contributed by atoms with E-state index in [0.717, 1.165) is 35.4 Å². The van der Waals surface area contributed by atoms with E-state index >= 15 is 0 Å². The molecule has 0 aliphatic heterocycles. The normalized spacial score (nSPS) is 19.6. The molecule has 31 heavy (non-hydrogen) atoms. The fourth-order valence-corrected chi connectivity index (χ4v) is 7.77. The summed E-state index contributed by atoms with van der Waals surface area (Å²) in [4.78, 5) is 0. The van der Waals surface area contributed by atoms with Crippen molar-refractivity contribution in [1.29, 1.82) is 0 Å². The minimum atomic E-state index is -2.73. The maximum atomic E-state index is 14.2. The third-order valence-electron chi connectivity index (χ3n) is 6.87. The Hall–Kier alpha value is -1.67. The van der Waals surface area contributed by atoms with Crippen molar-refractivity contribution in [2.75, 3.05) is 6.16 Å². The van der Waals surface area contributed by atoms with Gasteiger partial charge in [-0.1, -0.05) is 94.1 Å². The van der Waals surface area contributed by atoms with E-state index in [9.17, 15) is 4.57 Å². The average molecular weight is 453 g/mol. The van der Waals surface area contributed by atoms with Gasteiger partial charge in [-0.2, -0.15) is 0 Å². The molecule has 2 nitrogen and oxygen atoms in total. The van der Waals surface area contributed by atoms with Crippen molar-refractivity contribution in [2.24, 2.45) is 0 Å². The van der Waals surface area contributed by atoms with Crippen LogP contribution in [0, 0.1) is 0 Å². The van der Waals surface area contributed by atoms with Crippen LogP contribution in [0.2, 0.25) is 18.1 Å². The average Bonchev–Trinajstić information content (AvgIpc) is 2.73. The highest BCUT2D eigenvalue weighted by atomic mass is 31.2. The number of rotatable bonds is 6. The first-order valence-corrected chi connectivity index (χ1v) is 16.1. The standard InChI is InChI=1S/C27H37O2PSi/c1-22-21-24(29-31(5,6)27(2,3)4)18-17-23(22)19-20-30(28,25-13-9-7-10-14-25)26-15-11-8-12-16-26/h7-16,19,24H,1,17-18,20-21H2,2-6H3/b23-19-/t24-/m0/s1. The van der Waals surface area contributed by atoms with Gasteiger partial charge in [0.1, 0.15) is 7.14 Å². The topological polar surface area (TPSA) is 26.3 Å². The molecule has 1 aliphatic carbocycles. The van der Waals surface area contributed by atoms with Crippen LogP contribution in [0.1, 0.15) is 40.0 Å². The van der Waals surface area contributed by atoms with E-state index in [4.69, 9.17) is 4.43 Å². The lowest BCUT2D eigenvalue weighted by Gasteiger charge is -2.41. The molecule has 1 fully saturated rings. The van der Waals surface area contributed by atoms with Crippen molar-refractivity contribution < 1.29 is 8.99 Å². The van der Waals surface area contributed by atoms with Gasteiger partial charge in [-0.25, -0.2) is 0 Å². The molecule has 0 unspecified atom stereocenters. The Kier molecular flexibility index (Phi) is 7.31. The summed E-state index contributed by atoms with van der Waals surface area (Å²) < 4.78 is 20.9. The van der Waals surface area contributed by atoms with Gasteiger partial charge in [-0.3, -0.25) is 0 Å². The molecule has 2 aromatic carbocycles. The molecular weight excluding hydrogens is 415 g/mol. The van der Waals surface area contributed by atoms with E-state index in [1.54, 1.807) is 0 Å². The fraction of sp³-hybridized carbons (Fsp3) is 0.407. The predicted octanol–water partition coefficient (Wildman–Crippen LogP) is 7.06. The molecule has 1 atom stereocenters. The van der Waals surface area contributed by atoms with Crippen LogP contribution in [0.3, 0.4) is 0 Å². The monoisotopic (exact) mass is 452 g/mol. The predicted molar refractivity (Wildman–Crippen MR) is 138 cm³/mol. The van der Waals surface area contributed by atoms with Gasteiger partial charge < -0.3 is 8.99 Å². The quantitative estimate of drug-likeness (QED) is 0.346. The van der Waals surface area contributed by atoms with Gasteiger partial charge in [0.2, 0.25) is 0 Å². The summed E-state index contributed by atoms with van der Waals surface area (Å²) in [6.07, 6.45) is 5.80. The molecule has 0 heterocycles. The molecule has 0 bridgehead atoms. The molecule has 0 amide bonds. The third kappa shape index (κ3) is 5.58. The highest BCUT2D eigenvalue weighted by Crippen LogP contribution is 2.45. The lowest BCUT2D eigenvalue weighted by molar-refractivity contribution is 0.164. The van der Waals surface area contributed by atoms with Crippen LogP contribution < -0.4 is 10.6 Å². The van der Waals surface area contributed by atoms with Gasteiger partial charge in [-0.05, 0) is 48.5 Å². The van der Waals surface area contributed by atoms with Crippen molar-refractivity contribution in [3.8, 4) is 0 Å². The van der Waals surface area contributed by atoms with E-state index in [2.05, 4.69) is 46.5 Å². The molecular formula is C27H37O2PSi.